The number of aromatic nitrogens is 2. The van der Waals surface area contributed by atoms with Crippen LogP contribution in [0.1, 0.15) is 5.56 Å². The summed E-state index contributed by atoms with van der Waals surface area (Å²) in [5, 5.41) is 4.33. The van der Waals surface area contributed by atoms with Gasteiger partial charge in [0.1, 0.15) is 10.6 Å². The lowest BCUT2D eigenvalue weighted by Gasteiger charge is -2.12. The van der Waals surface area contributed by atoms with Gasteiger partial charge in [0.15, 0.2) is 0 Å². The maximum absolute atomic E-state index is 12.6. The van der Waals surface area contributed by atoms with Gasteiger partial charge in [0, 0.05) is 18.2 Å². The van der Waals surface area contributed by atoms with Gasteiger partial charge in [-0.2, -0.15) is 5.10 Å². The molecule has 0 fully saturated rings. The van der Waals surface area contributed by atoms with Crippen molar-refractivity contribution < 1.29 is 13.2 Å². The van der Waals surface area contributed by atoms with Gasteiger partial charge in [-0.1, -0.05) is 36.4 Å². The molecule has 0 atom stereocenters. The van der Waals surface area contributed by atoms with Crippen LogP contribution in [0.2, 0.25) is 0 Å². The molecule has 0 saturated heterocycles. The summed E-state index contributed by atoms with van der Waals surface area (Å²) in [4.78, 5) is 12.1. The van der Waals surface area contributed by atoms with Crippen LogP contribution >= 0.6 is 0 Å². The second-order valence-electron chi connectivity index (χ2n) is 6.20. The van der Waals surface area contributed by atoms with E-state index in [-0.39, 0.29) is 29.3 Å². The summed E-state index contributed by atoms with van der Waals surface area (Å²) in [7, 11) is -2.37. The highest BCUT2D eigenvalue weighted by Crippen LogP contribution is 2.24. The topological polar surface area (TPSA) is 90.3 Å². The Bertz CT molecular complexity index is 1130. The molecule has 1 N–H and O–H groups in total. The SMILES string of the molecule is COc1ccc(C)cc1S(=O)(=O)NCCn1nc(-c2ccccc2)ccc1=O. The third-order valence-corrected chi connectivity index (χ3v) is 5.64. The molecule has 0 aliphatic rings. The molecule has 28 heavy (non-hydrogen) atoms. The summed E-state index contributed by atoms with van der Waals surface area (Å²) >= 11 is 0. The predicted molar refractivity (Wildman–Crippen MR) is 107 cm³/mol. The van der Waals surface area contributed by atoms with Gasteiger partial charge in [-0.25, -0.2) is 17.8 Å². The number of sulfonamides is 1. The number of hydrogen-bond donors (Lipinski definition) is 1. The monoisotopic (exact) mass is 399 g/mol. The minimum Gasteiger partial charge on any atom is -0.495 e. The Morgan fingerprint density at radius 1 is 1.07 bits per heavy atom. The molecule has 1 aromatic heterocycles. The zero-order valence-corrected chi connectivity index (χ0v) is 16.4. The van der Waals surface area contributed by atoms with Gasteiger partial charge in [0.05, 0.1) is 19.3 Å². The van der Waals surface area contributed by atoms with Crippen LogP contribution in [-0.4, -0.2) is 31.9 Å². The first-order valence-corrected chi connectivity index (χ1v) is 10.2. The number of hydrogen-bond acceptors (Lipinski definition) is 5. The van der Waals surface area contributed by atoms with Gasteiger partial charge in [0.25, 0.3) is 5.56 Å². The lowest BCUT2D eigenvalue weighted by Crippen LogP contribution is -2.32. The Morgan fingerprint density at radius 2 is 1.82 bits per heavy atom. The van der Waals surface area contributed by atoms with Crippen LogP contribution in [0.5, 0.6) is 5.75 Å². The first-order chi connectivity index (χ1) is 13.4. The molecule has 0 amide bonds. The number of benzene rings is 2. The normalized spacial score (nSPS) is 11.4. The minimum atomic E-state index is -3.79. The Morgan fingerprint density at radius 3 is 2.54 bits per heavy atom. The zero-order valence-electron chi connectivity index (χ0n) is 15.6. The van der Waals surface area contributed by atoms with E-state index >= 15 is 0 Å². The third kappa shape index (κ3) is 4.47. The van der Waals surface area contributed by atoms with E-state index in [1.165, 1.54) is 17.9 Å². The van der Waals surface area contributed by atoms with Crippen molar-refractivity contribution in [3.05, 3.63) is 76.6 Å². The molecule has 1 heterocycles. The highest BCUT2D eigenvalue weighted by Gasteiger charge is 2.19. The second kappa shape index (κ2) is 8.37. The molecule has 3 rings (SSSR count). The summed E-state index contributed by atoms with van der Waals surface area (Å²) in [6.45, 7) is 1.93. The van der Waals surface area contributed by atoms with Crippen LogP contribution < -0.4 is 15.0 Å². The van der Waals surface area contributed by atoms with E-state index in [1.54, 1.807) is 31.2 Å². The van der Waals surface area contributed by atoms with Crippen molar-refractivity contribution in [2.45, 2.75) is 18.4 Å². The molecule has 0 bridgehead atoms. The number of rotatable bonds is 7. The summed E-state index contributed by atoms with van der Waals surface area (Å²) in [6.07, 6.45) is 0. The van der Waals surface area contributed by atoms with E-state index in [0.717, 1.165) is 11.1 Å². The highest BCUT2D eigenvalue weighted by molar-refractivity contribution is 7.89. The summed E-state index contributed by atoms with van der Waals surface area (Å²) in [5.41, 5.74) is 2.02. The molecule has 0 unspecified atom stereocenters. The van der Waals surface area contributed by atoms with E-state index in [1.807, 2.05) is 30.3 Å². The molecule has 2 aromatic carbocycles. The Balaban J connectivity index is 1.76. The molecular weight excluding hydrogens is 378 g/mol. The zero-order chi connectivity index (χ0) is 20.1. The molecule has 0 aliphatic heterocycles. The summed E-state index contributed by atoms with van der Waals surface area (Å²) in [6, 6.07) is 17.5. The maximum atomic E-state index is 12.6. The van der Waals surface area contributed by atoms with Gasteiger partial charge in [-0.05, 0) is 30.7 Å². The lowest BCUT2D eigenvalue weighted by molar-refractivity contribution is 0.402. The minimum absolute atomic E-state index is 0.0184. The Labute approximate surface area is 163 Å². The van der Waals surface area contributed by atoms with Crippen LogP contribution in [0.15, 0.2) is 70.4 Å². The van der Waals surface area contributed by atoms with Crippen LogP contribution in [-0.2, 0) is 16.6 Å². The fourth-order valence-corrected chi connectivity index (χ4v) is 4.00. The standard InChI is InChI=1S/C20H21N3O4S/c1-15-8-10-18(27-2)19(14-15)28(25,26)21-12-13-23-20(24)11-9-17(22-23)16-6-4-3-5-7-16/h3-11,14,21H,12-13H2,1-2H3. The van der Waals surface area contributed by atoms with Crippen molar-refractivity contribution in [2.75, 3.05) is 13.7 Å². The number of nitrogens with zero attached hydrogens (tertiary/aromatic N) is 2. The molecular formula is C20H21N3O4S. The molecule has 0 saturated carbocycles. The maximum Gasteiger partial charge on any atom is 0.266 e. The summed E-state index contributed by atoms with van der Waals surface area (Å²) in [5.74, 6) is 0.263. The Kier molecular flexibility index (Phi) is 5.91. The number of nitrogens with one attached hydrogen (secondary N) is 1. The first-order valence-electron chi connectivity index (χ1n) is 8.68. The number of aryl methyl sites for hydroxylation is 1. The Hall–Kier alpha value is -2.97. The van der Waals surface area contributed by atoms with Gasteiger partial charge < -0.3 is 4.74 Å². The lowest BCUT2D eigenvalue weighted by atomic mass is 10.1. The van der Waals surface area contributed by atoms with Crippen molar-refractivity contribution in [2.24, 2.45) is 0 Å². The average Bonchev–Trinajstić information content (AvgIpc) is 2.70. The number of ether oxygens (including phenoxy) is 1. The molecule has 0 spiro atoms. The van der Waals surface area contributed by atoms with Crippen molar-refractivity contribution >= 4 is 10.0 Å². The third-order valence-electron chi connectivity index (χ3n) is 4.16. The van der Waals surface area contributed by atoms with Crippen molar-refractivity contribution in [3.8, 4) is 17.0 Å². The van der Waals surface area contributed by atoms with Crippen LogP contribution in [0.4, 0.5) is 0 Å². The average molecular weight is 399 g/mol. The van der Waals surface area contributed by atoms with E-state index in [9.17, 15) is 13.2 Å². The van der Waals surface area contributed by atoms with Gasteiger partial charge in [0.2, 0.25) is 10.0 Å². The largest absolute Gasteiger partial charge is 0.495 e. The van der Waals surface area contributed by atoms with Crippen molar-refractivity contribution in [1.82, 2.24) is 14.5 Å². The smallest absolute Gasteiger partial charge is 0.266 e. The van der Waals surface area contributed by atoms with Gasteiger partial charge in [-0.3, -0.25) is 4.79 Å². The predicted octanol–water partition coefficient (Wildman–Crippen LogP) is 2.21. The summed E-state index contributed by atoms with van der Waals surface area (Å²) < 4.78 is 34.2. The van der Waals surface area contributed by atoms with Crippen molar-refractivity contribution in [1.29, 1.82) is 0 Å². The molecule has 7 nitrogen and oxygen atoms in total. The highest BCUT2D eigenvalue weighted by atomic mass is 32.2. The van der Waals surface area contributed by atoms with Crippen LogP contribution in [0.3, 0.4) is 0 Å². The van der Waals surface area contributed by atoms with Gasteiger partial charge in [-0.15, -0.1) is 0 Å². The number of methoxy groups -OCH3 is 1. The quantitative estimate of drug-likeness (QED) is 0.658. The fourth-order valence-electron chi connectivity index (χ4n) is 2.73. The molecule has 3 aromatic rings. The molecule has 146 valence electrons. The van der Waals surface area contributed by atoms with E-state index < -0.39 is 10.0 Å². The molecule has 0 radical (unpaired) electrons. The fraction of sp³-hybridized carbons (Fsp3) is 0.200. The van der Waals surface area contributed by atoms with Crippen LogP contribution in [0, 0.1) is 6.92 Å². The van der Waals surface area contributed by atoms with E-state index in [4.69, 9.17) is 4.74 Å². The van der Waals surface area contributed by atoms with Crippen LogP contribution in [0.25, 0.3) is 11.3 Å². The van der Waals surface area contributed by atoms with Crippen molar-refractivity contribution in [3.63, 3.8) is 0 Å². The molecule has 8 heteroatoms. The molecule has 0 aliphatic carbocycles. The second-order valence-corrected chi connectivity index (χ2v) is 7.93. The first kappa shape index (κ1) is 19.8. The van der Waals surface area contributed by atoms with E-state index in [0.29, 0.717) is 5.69 Å². The van der Waals surface area contributed by atoms with E-state index in [2.05, 4.69) is 9.82 Å². The van der Waals surface area contributed by atoms with Gasteiger partial charge >= 0.3 is 0 Å².